The number of sulfonamides is 1. The molecular weight excluding hydrogens is 581 g/mol. The van der Waals surface area contributed by atoms with E-state index in [0.29, 0.717) is 34.6 Å². The van der Waals surface area contributed by atoms with Crippen molar-refractivity contribution in [2.75, 3.05) is 30.7 Å². The van der Waals surface area contributed by atoms with E-state index in [1.54, 1.807) is 30.3 Å². The molecule has 2 fully saturated rings. The summed E-state index contributed by atoms with van der Waals surface area (Å²) in [7, 11) is -3.38. The molecule has 2 saturated heterocycles. The molecule has 0 saturated carbocycles. The van der Waals surface area contributed by atoms with Crippen LogP contribution in [0.25, 0.3) is 11.0 Å². The Morgan fingerprint density at radius 1 is 1.10 bits per heavy atom. The Hall–Kier alpha value is -3.25. The van der Waals surface area contributed by atoms with Gasteiger partial charge in [-0.2, -0.15) is 0 Å². The molecular formula is C30H33ClFN5O4S. The first kappa shape index (κ1) is 28.9. The number of hydrogen-bond donors (Lipinski definition) is 1. The van der Waals surface area contributed by atoms with E-state index in [2.05, 4.69) is 14.2 Å². The second-order valence-corrected chi connectivity index (χ2v) is 13.2. The Balaban J connectivity index is 1.11. The highest BCUT2D eigenvalue weighted by atomic mass is 35.5. The van der Waals surface area contributed by atoms with Crippen LogP contribution < -0.4 is 9.46 Å². The lowest BCUT2D eigenvalue weighted by Gasteiger charge is -2.32. The van der Waals surface area contributed by atoms with E-state index in [0.717, 1.165) is 74.3 Å². The van der Waals surface area contributed by atoms with Crippen molar-refractivity contribution in [1.82, 2.24) is 19.4 Å². The van der Waals surface area contributed by atoms with Crippen LogP contribution in [0.2, 0.25) is 5.02 Å². The molecule has 6 rings (SSSR count). The number of aromatic nitrogens is 3. The fraction of sp³-hybridized carbons (Fsp3) is 0.400. The summed E-state index contributed by atoms with van der Waals surface area (Å²) in [5.74, 6) is 1.31. The molecule has 222 valence electrons. The number of likely N-dealkylation sites (tertiary alicyclic amines) is 1. The van der Waals surface area contributed by atoms with Crippen LogP contribution in [0, 0.1) is 5.82 Å². The number of nitrogens with zero attached hydrogens (tertiary/aromatic N) is 4. The van der Waals surface area contributed by atoms with E-state index < -0.39 is 15.8 Å². The van der Waals surface area contributed by atoms with E-state index in [4.69, 9.17) is 31.0 Å². The third-order valence-corrected chi connectivity index (χ3v) is 8.66. The molecule has 42 heavy (non-hydrogen) atoms. The van der Waals surface area contributed by atoms with Crippen LogP contribution in [0.1, 0.15) is 42.3 Å². The highest BCUT2D eigenvalue weighted by molar-refractivity contribution is 7.92. The summed E-state index contributed by atoms with van der Waals surface area (Å²) in [5.41, 5.74) is 3.63. The van der Waals surface area contributed by atoms with Crippen LogP contribution in [0.5, 0.6) is 5.88 Å². The lowest BCUT2D eigenvalue weighted by atomic mass is 9.93. The summed E-state index contributed by atoms with van der Waals surface area (Å²) in [4.78, 5) is 12.0. The maximum atomic E-state index is 14.1. The van der Waals surface area contributed by atoms with Crippen molar-refractivity contribution in [2.45, 2.75) is 51.0 Å². The van der Waals surface area contributed by atoms with Crippen molar-refractivity contribution in [3.63, 3.8) is 0 Å². The van der Waals surface area contributed by atoms with Gasteiger partial charge in [0.1, 0.15) is 18.2 Å². The standard InChI is InChI=1S/C30H33ClFN5O4S/c1-42(38,39)35-23-7-8-28-27(16-23)33-29(37(28)17-24-11-14-40-24)18-36-12-9-20(10-13-36)26-3-2-4-30(34-26)41-19-21-5-6-22(31)15-25(21)32/h2-8,15-16,20,24,35H,9-14,17-19H2,1H3/t24-/m0/s1. The lowest BCUT2D eigenvalue weighted by Crippen LogP contribution is -2.35. The number of anilines is 1. The summed E-state index contributed by atoms with van der Waals surface area (Å²) in [6.45, 7) is 4.04. The number of fused-ring (bicyclic) bond motifs is 1. The van der Waals surface area contributed by atoms with E-state index in [-0.39, 0.29) is 12.7 Å². The average molecular weight is 614 g/mol. The zero-order valence-corrected chi connectivity index (χ0v) is 24.9. The lowest BCUT2D eigenvalue weighted by molar-refractivity contribution is -0.0592. The number of hydrogen-bond acceptors (Lipinski definition) is 7. The molecule has 2 aromatic heterocycles. The van der Waals surface area contributed by atoms with Gasteiger partial charge in [0.25, 0.3) is 0 Å². The van der Waals surface area contributed by atoms with E-state index in [1.165, 1.54) is 6.07 Å². The molecule has 0 spiro atoms. The Bertz CT molecular complexity index is 1690. The largest absolute Gasteiger partial charge is 0.473 e. The average Bonchev–Trinajstić information content (AvgIpc) is 3.25. The van der Waals surface area contributed by atoms with Crippen LogP contribution in [-0.4, -0.2) is 59.9 Å². The van der Waals surface area contributed by atoms with E-state index in [9.17, 15) is 12.8 Å². The van der Waals surface area contributed by atoms with Gasteiger partial charge in [-0.1, -0.05) is 23.7 Å². The van der Waals surface area contributed by atoms with Crippen molar-refractivity contribution < 1.29 is 22.3 Å². The minimum Gasteiger partial charge on any atom is -0.473 e. The van der Waals surface area contributed by atoms with E-state index in [1.807, 2.05) is 18.2 Å². The molecule has 0 amide bonds. The number of rotatable bonds is 10. The van der Waals surface area contributed by atoms with Gasteiger partial charge < -0.3 is 14.0 Å². The van der Waals surface area contributed by atoms with Crippen LogP contribution in [0.4, 0.5) is 10.1 Å². The number of halogens is 2. The Labute approximate surface area is 249 Å². The SMILES string of the molecule is CS(=O)(=O)Nc1ccc2c(c1)nc(CN1CCC(c3cccc(OCc4ccc(Cl)cc4F)n3)CC1)n2C[C@@H]1CCO1. The number of ether oxygens (including phenoxy) is 2. The first-order valence-electron chi connectivity index (χ1n) is 14.0. The Morgan fingerprint density at radius 3 is 2.62 bits per heavy atom. The predicted molar refractivity (Wildman–Crippen MR) is 160 cm³/mol. The predicted octanol–water partition coefficient (Wildman–Crippen LogP) is 5.34. The monoisotopic (exact) mass is 613 g/mol. The number of pyridine rings is 1. The van der Waals surface area contributed by atoms with Crippen LogP contribution in [-0.2, 0) is 34.5 Å². The molecule has 2 aliphatic rings. The molecule has 0 unspecified atom stereocenters. The number of benzene rings is 2. The van der Waals surface area contributed by atoms with Gasteiger partial charge >= 0.3 is 0 Å². The zero-order chi connectivity index (χ0) is 29.3. The summed E-state index contributed by atoms with van der Waals surface area (Å²) in [6, 6.07) is 15.8. The number of imidazole rings is 1. The smallest absolute Gasteiger partial charge is 0.229 e. The normalized spacial score (nSPS) is 18.2. The summed E-state index contributed by atoms with van der Waals surface area (Å²) in [6.07, 6.45) is 4.20. The molecule has 1 atom stereocenters. The first-order chi connectivity index (χ1) is 20.2. The molecule has 0 bridgehead atoms. The van der Waals surface area contributed by atoms with Crippen molar-refractivity contribution in [1.29, 1.82) is 0 Å². The second-order valence-electron chi connectivity index (χ2n) is 11.0. The van der Waals surface area contributed by atoms with Gasteiger partial charge in [0, 0.05) is 34.9 Å². The molecule has 9 nitrogen and oxygen atoms in total. The summed E-state index contributed by atoms with van der Waals surface area (Å²) >= 11 is 5.85. The van der Waals surface area contributed by atoms with Gasteiger partial charge in [0.2, 0.25) is 15.9 Å². The number of nitrogens with one attached hydrogen (secondary N) is 1. The quantitative estimate of drug-likeness (QED) is 0.258. The molecule has 2 aromatic carbocycles. The maximum Gasteiger partial charge on any atom is 0.229 e. The molecule has 1 N–H and O–H groups in total. The molecule has 2 aliphatic heterocycles. The third-order valence-electron chi connectivity index (χ3n) is 7.82. The van der Waals surface area contributed by atoms with Crippen LogP contribution in [0.3, 0.4) is 0 Å². The van der Waals surface area contributed by atoms with Crippen molar-refractivity contribution in [3.05, 3.63) is 82.5 Å². The number of piperidine rings is 1. The molecule has 12 heteroatoms. The minimum atomic E-state index is -3.38. The van der Waals surface area contributed by atoms with Crippen molar-refractivity contribution >= 4 is 38.3 Å². The summed E-state index contributed by atoms with van der Waals surface area (Å²) in [5, 5.41) is 0.350. The molecule has 4 heterocycles. The molecule has 0 aliphatic carbocycles. The van der Waals surface area contributed by atoms with Gasteiger partial charge in [-0.05, 0) is 68.8 Å². The zero-order valence-electron chi connectivity index (χ0n) is 23.3. The highest BCUT2D eigenvalue weighted by Gasteiger charge is 2.26. The van der Waals surface area contributed by atoms with Gasteiger partial charge in [-0.15, -0.1) is 0 Å². The highest BCUT2D eigenvalue weighted by Crippen LogP contribution is 2.30. The van der Waals surface area contributed by atoms with Crippen molar-refractivity contribution in [2.24, 2.45) is 0 Å². The Kier molecular flexibility index (Phi) is 8.35. The Morgan fingerprint density at radius 2 is 1.90 bits per heavy atom. The molecule has 4 aromatic rings. The minimum absolute atomic E-state index is 0.0800. The molecule has 0 radical (unpaired) electrons. The van der Waals surface area contributed by atoms with Gasteiger partial charge in [0.15, 0.2) is 0 Å². The van der Waals surface area contributed by atoms with Crippen molar-refractivity contribution in [3.8, 4) is 5.88 Å². The van der Waals surface area contributed by atoms with Crippen LogP contribution in [0.15, 0.2) is 54.6 Å². The first-order valence-corrected chi connectivity index (χ1v) is 16.3. The van der Waals surface area contributed by atoms with Gasteiger partial charge in [-0.3, -0.25) is 9.62 Å². The maximum absolute atomic E-state index is 14.1. The van der Waals surface area contributed by atoms with Crippen LogP contribution >= 0.6 is 11.6 Å². The van der Waals surface area contributed by atoms with E-state index >= 15 is 0 Å². The van der Waals surface area contributed by atoms with Gasteiger partial charge in [0.05, 0.1) is 42.2 Å². The fourth-order valence-corrected chi connectivity index (χ4v) is 6.24. The third kappa shape index (κ3) is 6.86. The second kappa shape index (κ2) is 12.2. The topological polar surface area (TPSA) is 98.6 Å². The fourth-order valence-electron chi connectivity index (χ4n) is 5.53. The van der Waals surface area contributed by atoms with Gasteiger partial charge in [-0.25, -0.2) is 22.8 Å². The summed E-state index contributed by atoms with van der Waals surface area (Å²) < 4.78 is 53.9.